The van der Waals surface area contributed by atoms with Crippen molar-refractivity contribution >= 4 is 38.7 Å². The Morgan fingerprint density at radius 3 is 2.91 bits per heavy atom. The SMILES string of the molecule is C=CCCC(=O)NC(Cc1c[nH]c2cccc(Br)c12)C(=O)O. The van der Waals surface area contributed by atoms with E-state index in [2.05, 4.69) is 32.8 Å². The van der Waals surface area contributed by atoms with Crippen LogP contribution in [0.1, 0.15) is 18.4 Å². The molecule has 0 radical (unpaired) electrons. The highest BCUT2D eigenvalue weighted by Crippen LogP contribution is 2.27. The fourth-order valence-electron chi connectivity index (χ4n) is 2.29. The number of H-pyrrole nitrogens is 1. The number of nitrogens with one attached hydrogen (secondary N) is 2. The van der Waals surface area contributed by atoms with E-state index in [9.17, 15) is 14.7 Å². The van der Waals surface area contributed by atoms with E-state index in [0.717, 1.165) is 20.9 Å². The number of rotatable bonds is 7. The molecule has 0 aliphatic heterocycles. The molecule has 0 bridgehead atoms. The maximum absolute atomic E-state index is 11.7. The average molecular weight is 365 g/mol. The number of carbonyl (C=O) groups is 2. The van der Waals surface area contributed by atoms with Crippen LogP contribution >= 0.6 is 15.9 Å². The third kappa shape index (κ3) is 3.76. The van der Waals surface area contributed by atoms with Crippen LogP contribution in [0.2, 0.25) is 0 Å². The zero-order chi connectivity index (χ0) is 16.1. The minimum Gasteiger partial charge on any atom is -0.480 e. The van der Waals surface area contributed by atoms with Crippen molar-refractivity contribution in [3.05, 3.63) is 47.1 Å². The van der Waals surface area contributed by atoms with Gasteiger partial charge in [0.2, 0.25) is 5.91 Å². The molecule has 1 atom stereocenters. The van der Waals surface area contributed by atoms with Crippen molar-refractivity contribution < 1.29 is 14.7 Å². The van der Waals surface area contributed by atoms with Gasteiger partial charge in [-0.25, -0.2) is 4.79 Å². The van der Waals surface area contributed by atoms with E-state index < -0.39 is 12.0 Å². The van der Waals surface area contributed by atoms with Crippen LogP contribution in [0.5, 0.6) is 0 Å². The van der Waals surface area contributed by atoms with Gasteiger partial charge in [0.15, 0.2) is 0 Å². The second-order valence-corrected chi connectivity index (χ2v) is 5.82. The summed E-state index contributed by atoms with van der Waals surface area (Å²) in [7, 11) is 0. The molecule has 1 aromatic heterocycles. The molecule has 2 aromatic rings. The van der Waals surface area contributed by atoms with Crippen molar-refractivity contribution in [2.75, 3.05) is 0 Å². The molecule has 1 unspecified atom stereocenters. The van der Waals surface area contributed by atoms with Crippen LogP contribution in [0, 0.1) is 0 Å². The van der Waals surface area contributed by atoms with Gasteiger partial charge < -0.3 is 15.4 Å². The number of hydrogen-bond acceptors (Lipinski definition) is 2. The van der Waals surface area contributed by atoms with Crippen molar-refractivity contribution in [2.45, 2.75) is 25.3 Å². The van der Waals surface area contributed by atoms with Gasteiger partial charge in [0.05, 0.1) is 0 Å². The van der Waals surface area contributed by atoms with E-state index in [-0.39, 0.29) is 18.7 Å². The summed E-state index contributed by atoms with van der Waals surface area (Å²) in [6, 6.07) is 4.77. The van der Waals surface area contributed by atoms with Crippen LogP contribution in [0.15, 0.2) is 41.5 Å². The molecule has 0 saturated heterocycles. The maximum Gasteiger partial charge on any atom is 0.326 e. The van der Waals surface area contributed by atoms with Crippen LogP contribution in [0.4, 0.5) is 0 Å². The van der Waals surface area contributed by atoms with E-state index in [1.165, 1.54) is 0 Å². The first-order chi connectivity index (χ1) is 10.5. The summed E-state index contributed by atoms with van der Waals surface area (Å²) in [5, 5.41) is 12.8. The minimum absolute atomic E-state index is 0.220. The Morgan fingerprint density at radius 1 is 1.45 bits per heavy atom. The fourth-order valence-corrected chi connectivity index (χ4v) is 2.91. The molecule has 1 amide bonds. The van der Waals surface area contributed by atoms with E-state index in [1.807, 2.05) is 18.2 Å². The number of carbonyl (C=O) groups excluding carboxylic acids is 1. The number of benzene rings is 1. The van der Waals surface area contributed by atoms with Gasteiger partial charge in [-0.2, -0.15) is 0 Å². The van der Waals surface area contributed by atoms with Crippen LogP contribution < -0.4 is 5.32 Å². The van der Waals surface area contributed by atoms with Gasteiger partial charge >= 0.3 is 5.97 Å². The molecule has 0 aliphatic rings. The maximum atomic E-state index is 11.7. The number of allylic oxidation sites excluding steroid dienone is 1. The molecule has 22 heavy (non-hydrogen) atoms. The molecular formula is C16H17BrN2O3. The molecule has 0 spiro atoms. The number of carboxylic acids is 1. The van der Waals surface area contributed by atoms with Gasteiger partial charge in [-0.15, -0.1) is 6.58 Å². The molecular weight excluding hydrogens is 348 g/mol. The lowest BCUT2D eigenvalue weighted by atomic mass is 10.0. The van der Waals surface area contributed by atoms with Gasteiger partial charge in [0, 0.05) is 34.4 Å². The van der Waals surface area contributed by atoms with E-state index in [4.69, 9.17) is 0 Å². The summed E-state index contributed by atoms with van der Waals surface area (Å²) in [5.41, 5.74) is 1.77. The molecule has 5 nitrogen and oxygen atoms in total. The highest BCUT2D eigenvalue weighted by atomic mass is 79.9. The number of aromatic amines is 1. The third-order valence-electron chi connectivity index (χ3n) is 3.37. The van der Waals surface area contributed by atoms with Crippen molar-refractivity contribution in [3.63, 3.8) is 0 Å². The molecule has 1 heterocycles. The summed E-state index contributed by atoms with van der Waals surface area (Å²) in [6.07, 6.45) is 4.40. The number of fused-ring (bicyclic) bond motifs is 1. The number of amides is 1. The largest absolute Gasteiger partial charge is 0.480 e. The molecule has 2 rings (SSSR count). The Morgan fingerprint density at radius 2 is 2.23 bits per heavy atom. The second-order valence-electron chi connectivity index (χ2n) is 4.97. The van der Waals surface area contributed by atoms with Gasteiger partial charge in [0.25, 0.3) is 0 Å². The number of aliphatic carboxylic acids is 1. The summed E-state index contributed by atoms with van der Waals surface area (Å²) >= 11 is 3.47. The fraction of sp³-hybridized carbons (Fsp3) is 0.250. The van der Waals surface area contributed by atoms with E-state index in [1.54, 1.807) is 12.3 Å². The number of hydrogen-bond donors (Lipinski definition) is 3. The van der Waals surface area contributed by atoms with Crippen LogP contribution in [-0.2, 0) is 16.0 Å². The quantitative estimate of drug-likeness (QED) is 0.660. The molecule has 0 aliphatic carbocycles. The van der Waals surface area contributed by atoms with E-state index in [0.29, 0.717) is 6.42 Å². The summed E-state index contributed by atoms with van der Waals surface area (Å²) < 4.78 is 0.892. The summed E-state index contributed by atoms with van der Waals surface area (Å²) in [5.74, 6) is -1.33. The van der Waals surface area contributed by atoms with Crippen molar-refractivity contribution in [2.24, 2.45) is 0 Å². The lowest BCUT2D eigenvalue weighted by molar-refractivity contribution is -0.141. The molecule has 6 heteroatoms. The van der Waals surface area contributed by atoms with Crippen molar-refractivity contribution in [3.8, 4) is 0 Å². The van der Waals surface area contributed by atoms with Crippen molar-refractivity contribution in [1.82, 2.24) is 10.3 Å². The predicted molar refractivity (Wildman–Crippen MR) is 88.7 cm³/mol. The van der Waals surface area contributed by atoms with Gasteiger partial charge in [-0.1, -0.05) is 28.1 Å². The Kier molecular flexibility index (Phi) is 5.38. The lowest BCUT2D eigenvalue weighted by Crippen LogP contribution is -2.42. The van der Waals surface area contributed by atoms with Gasteiger partial charge in [-0.05, 0) is 24.1 Å². The first-order valence-electron chi connectivity index (χ1n) is 6.90. The highest BCUT2D eigenvalue weighted by molar-refractivity contribution is 9.10. The number of halogens is 1. The minimum atomic E-state index is -1.05. The highest BCUT2D eigenvalue weighted by Gasteiger charge is 2.22. The molecule has 1 aromatic carbocycles. The smallest absolute Gasteiger partial charge is 0.326 e. The Bertz CT molecular complexity index is 708. The number of aromatic nitrogens is 1. The zero-order valence-corrected chi connectivity index (χ0v) is 13.5. The Balaban J connectivity index is 2.18. The first-order valence-corrected chi connectivity index (χ1v) is 7.69. The molecule has 3 N–H and O–H groups in total. The molecule has 0 saturated carbocycles. The average Bonchev–Trinajstić information content (AvgIpc) is 2.89. The van der Waals surface area contributed by atoms with Gasteiger partial charge in [-0.3, -0.25) is 4.79 Å². The summed E-state index contributed by atoms with van der Waals surface area (Å²) in [4.78, 5) is 26.2. The Hall–Kier alpha value is -2.08. The van der Waals surface area contributed by atoms with Crippen LogP contribution in [0.25, 0.3) is 10.9 Å². The topological polar surface area (TPSA) is 82.2 Å². The predicted octanol–water partition coefficient (Wildman–Crippen LogP) is 3.01. The summed E-state index contributed by atoms with van der Waals surface area (Å²) in [6.45, 7) is 3.55. The van der Waals surface area contributed by atoms with E-state index >= 15 is 0 Å². The standard InChI is InChI=1S/C16H17BrN2O3/c1-2-3-7-14(20)19-13(16(21)22)8-10-9-18-12-6-4-5-11(17)15(10)12/h2,4-6,9,13,18H,1,3,7-8H2,(H,19,20)(H,21,22). The second kappa shape index (κ2) is 7.26. The van der Waals surface area contributed by atoms with Crippen LogP contribution in [0.3, 0.4) is 0 Å². The van der Waals surface area contributed by atoms with Crippen LogP contribution in [-0.4, -0.2) is 28.0 Å². The number of carboxylic acid groups (broad SMARTS) is 1. The van der Waals surface area contributed by atoms with Crippen molar-refractivity contribution in [1.29, 1.82) is 0 Å². The first kappa shape index (κ1) is 16.3. The normalized spacial score (nSPS) is 12.0. The lowest BCUT2D eigenvalue weighted by Gasteiger charge is -2.14. The Labute approximate surface area is 136 Å². The third-order valence-corrected chi connectivity index (χ3v) is 4.03. The monoisotopic (exact) mass is 364 g/mol. The zero-order valence-electron chi connectivity index (χ0n) is 11.9. The molecule has 116 valence electrons. The van der Waals surface area contributed by atoms with Gasteiger partial charge in [0.1, 0.15) is 6.04 Å². The molecule has 0 fully saturated rings.